The lowest BCUT2D eigenvalue weighted by atomic mass is 10.1. The number of halogens is 1. The van der Waals surface area contributed by atoms with E-state index < -0.39 is 28.5 Å². The highest BCUT2D eigenvalue weighted by Crippen LogP contribution is 2.35. The van der Waals surface area contributed by atoms with E-state index in [-0.39, 0.29) is 39.8 Å². The predicted octanol–water partition coefficient (Wildman–Crippen LogP) is 5.42. The summed E-state index contributed by atoms with van der Waals surface area (Å²) in [5.41, 5.74) is 0.842. The Kier molecular flexibility index (Phi) is 10.9. The first kappa shape index (κ1) is 32.2. The summed E-state index contributed by atoms with van der Waals surface area (Å²) in [6, 6.07) is 18.9. The molecule has 2 amide bonds. The third kappa shape index (κ3) is 7.80. The summed E-state index contributed by atoms with van der Waals surface area (Å²) in [5, 5.41) is 3.38. The van der Waals surface area contributed by atoms with Gasteiger partial charge in [-0.2, -0.15) is 0 Å². The van der Waals surface area contributed by atoms with Gasteiger partial charge in [-0.15, -0.1) is 0 Å². The van der Waals surface area contributed by atoms with E-state index in [1.165, 1.54) is 30.2 Å². The summed E-state index contributed by atoms with van der Waals surface area (Å²) in [6.07, 6.45) is 4.21. The first-order valence-corrected chi connectivity index (χ1v) is 16.1. The highest BCUT2D eigenvalue weighted by atomic mass is 35.5. The molecule has 1 atom stereocenters. The van der Waals surface area contributed by atoms with Crippen LogP contribution in [-0.2, 0) is 26.2 Å². The molecule has 0 aromatic heterocycles. The molecule has 3 aromatic carbocycles. The average molecular weight is 628 g/mol. The molecule has 4 rings (SSSR count). The maximum absolute atomic E-state index is 14.3. The molecule has 3 aromatic rings. The van der Waals surface area contributed by atoms with E-state index in [9.17, 15) is 18.0 Å². The van der Waals surface area contributed by atoms with E-state index in [4.69, 9.17) is 21.1 Å². The number of carbonyl (C=O) groups is 2. The standard InChI is InChI=1S/C32H38ClN3O6S/c1-4-28(32(38)34-25-12-8-9-13-25)35(21-23-11-10-14-26(19-23)41-2)31(37)22-36(29-20-24(33)17-18-30(29)42-3)43(39,40)27-15-6-5-7-16-27/h5-7,10-11,14-20,25,28H,4,8-9,12-13,21-22H2,1-3H3,(H,34,38)/t28-/m1/s1. The van der Waals surface area contributed by atoms with Gasteiger partial charge in [0.2, 0.25) is 11.8 Å². The number of rotatable bonds is 13. The van der Waals surface area contributed by atoms with Crippen molar-refractivity contribution in [2.45, 2.75) is 62.6 Å². The van der Waals surface area contributed by atoms with Gasteiger partial charge < -0.3 is 19.7 Å². The first-order chi connectivity index (χ1) is 20.7. The number of benzene rings is 3. The van der Waals surface area contributed by atoms with E-state index in [0.717, 1.165) is 35.6 Å². The summed E-state index contributed by atoms with van der Waals surface area (Å²) < 4.78 is 40.0. The van der Waals surface area contributed by atoms with Gasteiger partial charge in [0.05, 0.1) is 24.8 Å². The predicted molar refractivity (Wildman–Crippen MR) is 167 cm³/mol. The SMILES string of the molecule is CC[C@H](C(=O)NC1CCCC1)N(Cc1cccc(OC)c1)C(=O)CN(c1cc(Cl)ccc1OC)S(=O)(=O)c1ccccc1. The Balaban J connectivity index is 1.76. The van der Waals surface area contributed by atoms with E-state index in [1.54, 1.807) is 55.6 Å². The lowest BCUT2D eigenvalue weighted by Gasteiger charge is -2.34. The Morgan fingerprint density at radius 1 is 0.977 bits per heavy atom. The van der Waals surface area contributed by atoms with Crippen molar-refractivity contribution in [1.82, 2.24) is 10.2 Å². The number of sulfonamides is 1. The van der Waals surface area contributed by atoms with Crippen LogP contribution in [0.5, 0.6) is 11.5 Å². The molecule has 1 N–H and O–H groups in total. The Morgan fingerprint density at radius 2 is 1.70 bits per heavy atom. The molecular formula is C32H38ClN3O6S. The molecule has 0 unspecified atom stereocenters. The van der Waals surface area contributed by atoms with Gasteiger partial charge in [-0.05, 0) is 67.3 Å². The number of methoxy groups -OCH3 is 2. The van der Waals surface area contributed by atoms with Crippen LogP contribution in [0.3, 0.4) is 0 Å². The fourth-order valence-corrected chi connectivity index (χ4v) is 6.95. The fraction of sp³-hybridized carbons (Fsp3) is 0.375. The van der Waals surface area contributed by atoms with E-state index in [1.807, 2.05) is 13.0 Å². The maximum Gasteiger partial charge on any atom is 0.264 e. The molecule has 1 fully saturated rings. The van der Waals surface area contributed by atoms with Gasteiger partial charge in [-0.3, -0.25) is 13.9 Å². The molecule has 43 heavy (non-hydrogen) atoms. The van der Waals surface area contributed by atoms with Crippen LogP contribution in [0.4, 0.5) is 5.69 Å². The van der Waals surface area contributed by atoms with Crippen LogP contribution in [0, 0.1) is 0 Å². The molecule has 0 spiro atoms. The Morgan fingerprint density at radius 3 is 2.35 bits per heavy atom. The lowest BCUT2D eigenvalue weighted by molar-refractivity contribution is -0.140. The van der Waals surface area contributed by atoms with Crippen molar-refractivity contribution in [2.24, 2.45) is 0 Å². The van der Waals surface area contributed by atoms with E-state index in [2.05, 4.69) is 5.32 Å². The number of ether oxygens (including phenoxy) is 2. The van der Waals surface area contributed by atoms with Gasteiger partial charge in [-0.1, -0.05) is 61.7 Å². The summed E-state index contributed by atoms with van der Waals surface area (Å²) in [4.78, 5) is 29.4. The third-order valence-electron chi connectivity index (χ3n) is 7.59. The average Bonchev–Trinajstić information content (AvgIpc) is 3.53. The van der Waals surface area contributed by atoms with Gasteiger partial charge in [0.15, 0.2) is 0 Å². The first-order valence-electron chi connectivity index (χ1n) is 14.3. The second-order valence-corrected chi connectivity index (χ2v) is 12.7. The van der Waals surface area contributed by atoms with E-state index in [0.29, 0.717) is 12.2 Å². The Bertz CT molecular complexity index is 1510. The Labute approximate surface area is 258 Å². The van der Waals surface area contributed by atoms with E-state index >= 15 is 0 Å². The zero-order chi connectivity index (χ0) is 31.0. The molecule has 0 radical (unpaired) electrons. The van der Waals surface area contributed by atoms with Crippen LogP contribution in [0.15, 0.2) is 77.7 Å². The van der Waals surface area contributed by atoms with Gasteiger partial charge in [0.1, 0.15) is 24.1 Å². The van der Waals surface area contributed by atoms with Crippen LogP contribution >= 0.6 is 11.6 Å². The second-order valence-electron chi connectivity index (χ2n) is 10.4. The van der Waals surface area contributed by atoms with Crippen molar-refractivity contribution in [3.05, 3.63) is 83.4 Å². The van der Waals surface area contributed by atoms with Crippen LogP contribution in [0.1, 0.15) is 44.6 Å². The van der Waals surface area contributed by atoms with Crippen molar-refractivity contribution in [3.63, 3.8) is 0 Å². The monoisotopic (exact) mass is 627 g/mol. The number of amides is 2. The molecule has 9 nitrogen and oxygen atoms in total. The number of nitrogens with one attached hydrogen (secondary N) is 1. The van der Waals surface area contributed by atoms with Gasteiger partial charge in [-0.25, -0.2) is 8.42 Å². The normalized spacial score (nSPS) is 14.1. The summed E-state index contributed by atoms with van der Waals surface area (Å²) in [6.45, 7) is 1.31. The minimum atomic E-state index is -4.26. The number of hydrogen-bond donors (Lipinski definition) is 1. The topological polar surface area (TPSA) is 105 Å². The van der Waals surface area contributed by atoms with Gasteiger partial charge in [0.25, 0.3) is 10.0 Å². The number of anilines is 1. The van der Waals surface area contributed by atoms with Crippen LogP contribution in [0.25, 0.3) is 0 Å². The zero-order valence-corrected chi connectivity index (χ0v) is 26.2. The van der Waals surface area contributed by atoms with Crippen molar-refractivity contribution in [2.75, 3.05) is 25.1 Å². The molecule has 1 saturated carbocycles. The molecule has 0 aliphatic heterocycles. The maximum atomic E-state index is 14.3. The summed E-state index contributed by atoms with van der Waals surface area (Å²) in [7, 11) is -1.29. The highest BCUT2D eigenvalue weighted by Gasteiger charge is 2.35. The van der Waals surface area contributed by atoms with Crippen molar-refractivity contribution in [3.8, 4) is 11.5 Å². The Hall–Kier alpha value is -3.76. The van der Waals surface area contributed by atoms with Crippen molar-refractivity contribution >= 4 is 39.1 Å². The van der Waals surface area contributed by atoms with Gasteiger partial charge in [0, 0.05) is 17.6 Å². The molecule has 0 heterocycles. The second kappa shape index (κ2) is 14.6. The van der Waals surface area contributed by atoms with Crippen LogP contribution in [0.2, 0.25) is 5.02 Å². The number of nitrogens with zero attached hydrogens (tertiary/aromatic N) is 2. The number of carbonyl (C=O) groups excluding carboxylic acids is 2. The fourth-order valence-electron chi connectivity index (χ4n) is 5.35. The van der Waals surface area contributed by atoms with Gasteiger partial charge >= 0.3 is 0 Å². The molecular weight excluding hydrogens is 590 g/mol. The quantitative estimate of drug-likeness (QED) is 0.271. The number of hydrogen-bond acceptors (Lipinski definition) is 6. The molecule has 1 aliphatic carbocycles. The molecule has 1 aliphatic rings. The molecule has 230 valence electrons. The minimum absolute atomic E-state index is 0.00445. The summed E-state index contributed by atoms with van der Waals surface area (Å²) >= 11 is 6.31. The highest BCUT2D eigenvalue weighted by molar-refractivity contribution is 7.92. The summed E-state index contributed by atoms with van der Waals surface area (Å²) in [5.74, 6) is 0.00796. The van der Waals surface area contributed by atoms with Crippen molar-refractivity contribution < 1.29 is 27.5 Å². The third-order valence-corrected chi connectivity index (χ3v) is 9.60. The smallest absolute Gasteiger partial charge is 0.264 e. The molecule has 0 bridgehead atoms. The lowest BCUT2D eigenvalue weighted by Crippen LogP contribution is -2.53. The van der Waals surface area contributed by atoms with Crippen molar-refractivity contribution in [1.29, 1.82) is 0 Å². The zero-order valence-electron chi connectivity index (χ0n) is 24.7. The minimum Gasteiger partial charge on any atom is -0.497 e. The molecule has 11 heteroatoms. The van der Waals surface area contributed by atoms with Crippen LogP contribution in [-0.4, -0.2) is 58.0 Å². The largest absolute Gasteiger partial charge is 0.497 e. The molecule has 0 saturated heterocycles. The van der Waals surface area contributed by atoms with Crippen LogP contribution < -0.4 is 19.1 Å².